The topological polar surface area (TPSA) is 84.7 Å². The SMILES string of the molecule is COC1CCN(C(=O)CNC(=O)[C@@H](N)C(C)C)CC1.Cl. The Morgan fingerprint density at radius 1 is 1.35 bits per heavy atom. The Bertz CT molecular complexity index is 318. The summed E-state index contributed by atoms with van der Waals surface area (Å²) in [7, 11) is 1.69. The molecule has 1 atom stereocenters. The lowest BCUT2D eigenvalue weighted by molar-refractivity contribution is -0.135. The number of halogens is 1. The van der Waals surface area contributed by atoms with Crippen LogP contribution in [0.1, 0.15) is 26.7 Å². The predicted molar refractivity (Wildman–Crippen MR) is 79.7 cm³/mol. The van der Waals surface area contributed by atoms with Crippen LogP contribution in [-0.2, 0) is 14.3 Å². The van der Waals surface area contributed by atoms with Gasteiger partial charge in [0.05, 0.1) is 18.7 Å². The molecule has 7 heteroatoms. The summed E-state index contributed by atoms with van der Waals surface area (Å²) in [5.41, 5.74) is 5.71. The van der Waals surface area contributed by atoms with E-state index in [1.807, 2.05) is 13.8 Å². The quantitative estimate of drug-likeness (QED) is 0.757. The number of nitrogens with zero attached hydrogens (tertiary/aromatic N) is 1. The Hall–Kier alpha value is -0.850. The lowest BCUT2D eigenvalue weighted by atomic mass is 10.1. The first-order valence-electron chi connectivity index (χ1n) is 6.79. The highest BCUT2D eigenvalue weighted by Gasteiger charge is 2.23. The van der Waals surface area contributed by atoms with Crippen LogP contribution in [0.4, 0.5) is 0 Å². The van der Waals surface area contributed by atoms with Crippen LogP contribution in [0.3, 0.4) is 0 Å². The van der Waals surface area contributed by atoms with Crippen molar-refractivity contribution in [2.45, 2.75) is 38.8 Å². The molecule has 6 nitrogen and oxygen atoms in total. The van der Waals surface area contributed by atoms with E-state index in [9.17, 15) is 9.59 Å². The van der Waals surface area contributed by atoms with Crippen LogP contribution in [0.25, 0.3) is 0 Å². The second-order valence-corrected chi connectivity index (χ2v) is 5.30. The van der Waals surface area contributed by atoms with Crippen LogP contribution in [0.15, 0.2) is 0 Å². The molecule has 20 heavy (non-hydrogen) atoms. The molecule has 0 saturated carbocycles. The van der Waals surface area contributed by atoms with Crippen molar-refractivity contribution in [3.63, 3.8) is 0 Å². The molecular formula is C13H26ClN3O3. The Labute approximate surface area is 126 Å². The molecule has 1 heterocycles. The van der Waals surface area contributed by atoms with Crippen molar-refractivity contribution < 1.29 is 14.3 Å². The van der Waals surface area contributed by atoms with Crippen molar-refractivity contribution in [3.8, 4) is 0 Å². The van der Waals surface area contributed by atoms with Crippen LogP contribution >= 0.6 is 12.4 Å². The fourth-order valence-corrected chi connectivity index (χ4v) is 2.04. The third kappa shape index (κ3) is 5.64. The number of hydrogen-bond donors (Lipinski definition) is 2. The summed E-state index contributed by atoms with van der Waals surface area (Å²) in [6.45, 7) is 5.15. The van der Waals surface area contributed by atoms with Crippen LogP contribution in [0.5, 0.6) is 0 Å². The molecule has 1 fully saturated rings. The van der Waals surface area contributed by atoms with Gasteiger partial charge in [-0.25, -0.2) is 0 Å². The van der Waals surface area contributed by atoms with Gasteiger partial charge in [0, 0.05) is 20.2 Å². The standard InChI is InChI=1S/C13H25N3O3.ClH/c1-9(2)12(14)13(18)15-8-11(17)16-6-4-10(19-3)5-7-16;/h9-10,12H,4-8,14H2,1-3H3,(H,15,18);1H/t12-;/m0./s1. The normalized spacial score (nSPS) is 17.6. The molecule has 0 unspecified atom stereocenters. The summed E-state index contributed by atoms with van der Waals surface area (Å²) in [6, 6.07) is -0.563. The lowest BCUT2D eigenvalue weighted by Gasteiger charge is -2.31. The maximum absolute atomic E-state index is 11.9. The van der Waals surface area contributed by atoms with E-state index in [-0.39, 0.29) is 42.8 Å². The second kappa shape index (κ2) is 9.15. The van der Waals surface area contributed by atoms with Gasteiger partial charge in [-0.05, 0) is 18.8 Å². The van der Waals surface area contributed by atoms with E-state index in [1.165, 1.54) is 0 Å². The monoisotopic (exact) mass is 307 g/mol. The maximum atomic E-state index is 11.9. The first-order chi connectivity index (χ1) is 8.95. The molecule has 0 aliphatic carbocycles. The van der Waals surface area contributed by atoms with Gasteiger partial charge in [0.15, 0.2) is 0 Å². The third-order valence-corrected chi connectivity index (χ3v) is 3.56. The van der Waals surface area contributed by atoms with Crippen molar-refractivity contribution in [1.29, 1.82) is 0 Å². The third-order valence-electron chi connectivity index (χ3n) is 3.56. The highest BCUT2D eigenvalue weighted by atomic mass is 35.5. The number of rotatable bonds is 5. The Morgan fingerprint density at radius 3 is 2.35 bits per heavy atom. The first kappa shape index (κ1) is 19.1. The molecule has 0 aromatic carbocycles. The van der Waals surface area contributed by atoms with Crippen LogP contribution in [0, 0.1) is 5.92 Å². The maximum Gasteiger partial charge on any atom is 0.241 e. The number of ether oxygens (including phenoxy) is 1. The van der Waals surface area contributed by atoms with Gasteiger partial charge < -0.3 is 20.7 Å². The molecule has 0 aromatic rings. The molecule has 1 saturated heterocycles. The van der Waals surface area contributed by atoms with Gasteiger partial charge in [-0.2, -0.15) is 0 Å². The molecule has 1 aliphatic heterocycles. The first-order valence-corrected chi connectivity index (χ1v) is 6.79. The van der Waals surface area contributed by atoms with Crippen LogP contribution in [-0.4, -0.2) is 55.6 Å². The fourth-order valence-electron chi connectivity index (χ4n) is 2.04. The summed E-state index contributed by atoms with van der Waals surface area (Å²) in [5, 5.41) is 2.60. The molecule has 1 rings (SSSR count). The van der Waals surface area contributed by atoms with E-state index in [0.717, 1.165) is 12.8 Å². The molecular weight excluding hydrogens is 282 g/mol. The van der Waals surface area contributed by atoms with Gasteiger partial charge in [-0.1, -0.05) is 13.8 Å². The van der Waals surface area contributed by atoms with Gasteiger partial charge in [-0.3, -0.25) is 9.59 Å². The average Bonchev–Trinajstić information content (AvgIpc) is 2.43. The van der Waals surface area contributed by atoms with Gasteiger partial charge >= 0.3 is 0 Å². The van der Waals surface area contributed by atoms with Crippen molar-refractivity contribution >= 4 is 24.2 Å². The smallest absolute Gasteiger partial charge is 0.241 e. The number of likely N-dealkylation sites (tertiary alicyclic amines) is 1. The molecule has 0 radical (unpaired) electrons. The Kier molecular flexibility index (Phi) is 8.76. The van der Waals surface area contributed by atoms with Gasteiger partial charge in [0.1, 0.15) is 0 Å². The van der Waals surface area contributed by atoms with Crippen molar-refractivity contribution in [2.24, 2.45) is 11.7 Å². The van der Waals surface area contributed by atoms with Gasteiger partial charge in [0.2, 0.25) is 11.8 Å². The lowest BCUT2D eigenvalue weighted by Crippen LogP contribution is -2.49. The second-order valence-electron chi connectivity index (χ2n) is 5.30. The summed E-state index contributed by atoms with van der Waals surface area (Å²) >= 11 is 0. The van der Waals surface area contributed by atoms with Crippen molar-refractivity contribution in [1.82, 2.24) is 10.2 Å². The van der Waals surface area contributed by atoms with Crippen molar-refractivity contribution in [3.05, 3.63) is 0 Å². The van der Waals surface area contributed by atoms with Gasteiger partial charge in [-0.15, -0.1) is 12.4 Å². The number of methoxy groups -OCH3 is 1. The minimum absolute atomic E-state index is 0. The minimum atomic E-state index is -0.563. The van der Waals surface area contributed by atoms with E-state index in [2.05, 4.69) is 5.32 Å². The summed E-state index contributed by atoms with van der Waals surface area (Å²) in [5.74, 6) is -0.262. The zero-order valence-electron chi connectivity index (χ0n) is 12.4. The van der Waals surface area contributed by atoms with E-state index in [4.69, 9.17) is 10.5 Å². The van der Waals surface area contributed by atoms with Gasteiger partial charge in [0.25, 0.3) is 0 Å². The average molecular weight is 308 g/mol. The Morgan fingerprint density at radius 2 is 1.90 bits per heavy atom. The van der Waals surface area contributed by atoms with E-state index < -0.39 is 6.04 Å². The molecule has 0 bridgehead atoms. The number of carbonyl (C=O) groups is 2. The van der Waals surface area contributed by atoms with E-state index in [0.29, 0.717) is 13.1 Å². The van der Waals surface area contributed by atoms with Crippen LogP contribution < -0.4 is 11.1 Å². The molecule has 0 aromatic heterocycles. The minimum Gasteiger partial charge on any atom is -0.381 e. The molecule has 0 spiro atoms. The number of carbonyl (C=O) groups excluding carboxylic acids is 2. The zero-order valence-corrected chi connectivity index (χ0v) is 13.2. The molecule has 2 amide bonds. The molecule has 118 valence electrons. The highest BCUT2D eigenvalue weighted by Crippen LogP contribution is 2.12. The Balaban J connectivity index is 0.00000361. The number of hydrogen-bond acceptors (Lipinski definition) is 4. The van der Waals surface area contributed by atoms with Crippen molar-refractivity contribution in [2.75, 3.05) is 26.7 Å². The largest absolute Gasteiger partial charge is 0.381 e. The predicted octanol–water partition coefficient (Wildman–Crippen LogP) is 0.145. The summed E-state index contributed by atoms with van der Waals surface area (Å²) < 4.78 is 5.25. The number of amides is 2. The number of piperidine rings is 1. The highest BCUT2D eigenvalue weighted by molar-refractivity contribution is 5.87. The van der Waals surface area contributed by atoms with E-state index in [1.54, 1.807) is 12.0 Å². The van der Waals surface area contributed by atoms with Crippen LogP contribution in [0.2, 0.25) is 0 Å². The fraction of sp³-hybridized carbons (Fsp3) is 0.846. The zero-order chi connectivity index (χ0) is 14.4. The number of nitrogens with two attached hydrogens (primary N) is 1. The molecule has 1 aliphatic rings. The summed E-state index contributed by atoms with van der Waals surface area (Å²) in [4.78, 5) is 25.3. The van der Waals surface area contributed by atoms with E-state index >= 15 is 0 Å². The number of nitrogens with one attached hydrogen (secondary N) is 1. The summed E-state index contributed by atoms with van der Waals surface area (Å²) in [6.07, 6.45) is 1.94. The molecule has 3 N–H and O–H groups in total.